The summed E-state index contributed by atoms with van der Waals surface area (Å²) >= 11 is 0. The number of aliphatic imine (C=N–C) groups is 1. The lowest BCUT2D eigenvalue weighted by Gasteiger charge is -2.38. The first-order valence-corrected chi connectivity index (χ1v) is 11.5. The number of amidine groups is 1. The highest BCUT2D eigenvalue weighted by molar-refractivity contribution is 6.74. The van der Waals surface area contributed by atoms with Crippen LogP contribution in [0.4, 0.5) is 5.69 Å². The molecule has 0 saturated carbocycles. The molecule has 4 nitrogen and oxygen atoms in total. The van der Waals surface area contributed by atoms with Crippen LogP contribution in [0.2, 0.25) is 18.1 Å². The molecule has 5 heteroatoms. The predicted octanol–water partition coefficient (Wildman–Crippen LogP) is 4.29. The third-order valence-corrected chi connectivity index (χ3v) is 9.53. The van der Waals surface area contributed by atoms with Gasteiger partial charge < -0.3 is 15.1 Å². The molecule has 1 aliphatic heterocycles. The highest BCUT2D eigenvalue weighted by Crippen LogP contribution is 2.37. The highest BCUT2D eigenvalue weighted by atomic mass is 28.4. The molecule has 0 aliphatic carbocycles. The first-order valence-electron chi connectivity index (χ1n) is 8.60. The fourth-order valence-electron chi connectivity index (χ4n) is 2.47. The molecule has 1 aromatic carbocycles. The Morgan fingerprint density at radius 2 is 1.88 bits per heavy atom. The van der Waals surface area contributed by atoms with Crippen molar-refractivity contribution in [2.45, 2.75) is 58.4 Å². The molecule has 1 heterocycles. The normalized spacial score (nSPS) is 16.9. The minimum atomic E-state index is -1.71. The van der Waals surface area contributed by atoms with Crippen molar-refractivity contribution < 1.29 is 4.43 Å². The first-order chi connectivity index (χ1) is 11.1. The molecule has 0 radical (unpaired) electrons. The molecule has 0 aromatic heterocycles. The summed E-state index contributed by atoms with van der Waals surface area (Å²) in [5.74, 6) is 0.583. The van der Waals surface area contributed by atoms with Crippen LogP contribution < -0.4 is 10.6 Å². The van der Waals surface area contributed by atoms with E-state index in [-0.39, 0.29) is 11.1 Å². The molecule has 132 valence electrons. The van der Waals surface area contributed by atoms with E-state index in [1.807, 2.05) is 12.3 Å². The van der Waals surface area contributed by atoms with Crippen molar-refractivity contribution in [2.24, 2.45) is 10.7 Å². The van der Waals surface area contributed by atoms with Gasteiger partial charge in [-0.15, -0.1) is 0 Å². The minimum absolute atomic E-state index is 0.232. The Labute approximate surface area is 147 Å². The van der Waals surface area contributed by atoms with Crippen LogP contribution in [-0.4, -0.2) is 26.9 Å². The molecular weight excluding hydrogens is 314 g/mol. The van der Waals surface area contributed by atoms with Crippen molar-refractivity contribution in [1.82, 2.24) is 0 Å². The molecule has 1 aromatic rings. The van der Waals surface area contributed by atoms with E-state index in [0.29, 0.717) is 12.5 Å². The second-order valence-electron chi connectivity index (χ2n) is 8.07. The van der Waals surface area contributed by atoms with Crippen LogP contribution in [0, 0.1) is 0 Å². The largest absolute Gasteiger partial charge is 0.414 e. The molecule has 1 unspecified atom stereocenters. The summed E-state index contributed by atoms with van der Waals surface area (Å²) in [6.07, 6.45) is 4.97. The lowest BCUT2D eigenvalue weighted by molar-refractivity contribution is 0.199. The van der Waals surface area contributed by atoms with E-state index in [2.05, 4.69) is 74.9 Å². The minimum Gasteiger partial charge on any atom is -0.414 e. The Morgan fingerprint density at radius 1 is 1.25 bits per heavy atom. The van der Waals surface area contributed by atoms with E-state index < -0.39 is 8.32 Å². The second-order valence-corrected chi connectivity index (χ2v) is 12.8. The number of anilines is 1. The maximum Gasteiger partial charge on any atom is 0.192 e. The van der Waals surface area contributed by atoms with Crippen LogP contribution >= 0.6 is 0 Å². The van der Waals surface area contributed by atoms with Crippen molar-refractivity contribution >= 4 is 19.8 Å². The van der Waals surface area contributed by atoms with Gasteiger partial charge in [-0.2, -0.15) is 0 Å². The van der Waals surface area contributed by atoms with E-state index >= 15 is 0 Å². The van der Waals surface area contributed by atoms with Crippen molar-refractivity contribution in [3.05, 3.63) is 42.1 Å². The van der Waals surface area contributed by atoms with Gasteiger partial charge in [-0.1, -0.05) is 32.9 Å². The Morgan fingerprint density at radius 3 is 2.38 bits per heavy atom. The van der Waals surface area contributed by atoms with Gasteiger partial charge in [0.2, 0.25) is 0 Å². The van der Waals surface area contributed by atoms with Crippen molar-refractivity contribution in [2.75, 3.05) is 11.6 Å². The van der Waals surface area contributed by atoms with Gasteiger partial charge in [0.15, 0.2) is 8.32 Å². The van der Waals surface area contributed by atoms with E-state index in [1.165, 1.54) is 5.56 Å². The van der Waals surface area contributed by atoms with Crippen LogP contribution in [0.1, 0.15) is 33.3 Å². The fraction of sp³-hybridized carbons (Fsp3) is 0.526. The lowest BCUT2D eigenvalue weighted by Crippen LogP contribution is -2.43. The monoisotopic (exact) mass is 345 g/mol. The number of nitrogens with zero attached hydrogens (tertiary/aromatic N) is 2. The van der Waals surface area contributed by atoms with Crippen LogP contribution in [0.25, 0.3) is 0 Å². The predicted molar refractivity (Wildman–Crippen MR) is 106 cm³/mol. The van der Waals surface area contributed by atoms with E-state index in [9.17, 15) is 0 Å². The van der Waals surface area contributed by atoms with Crippen LogP contribution in [0.5, 0.6) is 0 Å². The molecule has 0 spiro atoms. The Bertz CT molecular complexity index is 614. The summed E-state index contributed by atoms with van der Waals surface area (Å²) in [5.41, 5.74) is 8.09. The van der Waals surface area contributed by atoms with Crippen LogP contribution in [0.15, 0.2) is 41.5 Å². The molecule has 1 atom stereocenters. The number of hydrogen-bond acceptors (Lipinski definition) is 4. The highest BCUT2D eigenvalue weighted by Gasteiger charge is 2.38. The zero-order chi connectivity index (χ0) is 18.0. The maximum atomic E-state index is 6.45. The lowest BCUT2D eigenvalue weighted by atomic mass is 10.1. The number of rotatable bonds is 5. The molecule has 24 heavy (non-hydrogen) atoms. The van der Waals surface area contributed by atoms with E-state index in [1.54, 1.807) is 0 Å². The summed E-state index contributed by atoms with van der Waals surface area (Å²) in [6, 6.07) is 8.62. The standard InChI is InChI=1S/C19H31N3OSi/c1-15(23-24(5,6)19(2,3)4)13-16-7-9-17(10-8-16)22-12-11-18(20)21-14-22/h7-12,15H,13-14H2,1-6H3,(H2,20,21). The van der Waals surface area contributed by atoms with Crippen molar-refractivity contribution in [3.63, 3.8) is 0 Å². The summed E-state index contributed by atoms with van der Waals surface area (Å²) in [4.78, 5) is 6.32. The molecular formula is C19H31N3OSi. The Kier molecular flexibility index (Phi) is 5.55. The molecule has 1 aliphatic rings. The molecule has 0 bridgehead atoms. The van der Waals surface area contributed by atoms with E-state index in [4.69, 9.17) is 10.2 Å². The van der Waals surface area contributed by atoms with Gasteiger partial charge in [-0.05, 0) is 55.2 Å². The van der Waals surface area contributed by atoms with Gasteiger partial charge in [-0.3, -0.25) is 0 Å². The van der Waals surface area contributed by atoms with Gasteiger partial charge in [0.05, 0.1) is 0 Å². The summed E-state index contributed by atoms with van der Waals surface area (Å²) in [7, 11) is -1.71. The van der Waals surface area contributed by atoms with Gasteiger partial charge in [0, 0.05) is 18.0 Å². The molecule has 2 rings (SSSR count). The van der Waals surface area contributed by atoms with Crippen molar-refractivity contribution in [1.29, 1.82) is 0 Å². The van der Waals surface area contributed by atoms with Gasteiger partial charge in [-0.25, -0.2) is 4.99 Å². The number of nitrogens with two attached hydrogens (primary N) is 1. The number of benzene rings is 1. The molecule has 0 amide bonds. The Hall–Kier alpha value is -1.59. The summed E-state index contributed by atoms with van der Waals surface area (Å²) in [5, 5.41) is 0.244. The second kappa shape index (κ2) is 7.11. The third-order valence-electron chi connectivity index (χ3n) is 4.92. The van der Waals surface area contributed by atoms with Crippen LogP contribution in [-0.2, 0) is 10.8 Å². The third kappa shape index (κ3) is 4.71. The molecule has 0 fully saturated rings. The quantitative estimate of drug-likeness (QED) is 0.810. The van der Waals surface area contributed by atoms with Crippen LogP contribution in [0.3, 0.4) is 0 Å². The topological polar surface area (TPSA) is 50.8 Å². The first kappa shape index (κ1) is 18.7. The van der Waals surface area contributed by atoms with E-state index in [0.717, 1.165) is 12.1 Å². The SMILES string of the molecule is CC(Cc1ccc(N2C=CC(N)=NC2)cc1)O[Si](C)(C)C(C)(C)C. The zero-order valence-electron chi connectivity index (χ0n) is 15.8. The van der Waals surface area contributed by atoms with Gasteiger partial charge in [0.1, 0.15) is 12.5 Å². The maximum absolute atomic E-state index is 6.45. The average molecular weight is 346 g/mol. The smallest absolute Gasteiger partial charge is 0.192 e. The zero-order valence-corrected chi connectivity index (χ0v) is 16.8. The fourth-order valence-corrected chi connectivity index (χ4v) is 3.91. The summed E-state index contributed by atoms with van der Waals surface area (Å²) < 4.78 is 6.45. The van der Waals surface area contributed by atoms with Crippen molar-refractivity contribution in [3.8, 4) is 0 Å². The molecule has 2 N–H and O–H groups in total. The van der Waals surface area contributed by atoms with Gasteiger partial charge in [0.25, 0.3) is 0 Å². The average Bonchev–Trinajstić information content (AvgIpc) is 2.47. The summed E-state index contributed by atoms with van der Waals surface area (Å²) in [6.45, 7) is 14.2. The number of hydrogen-bond donors (Lipinski definition) is 1. The van der Waals surface area contributed by atoms with Gasteiger partial charge >= 0.3 is 0 Å². The molecule has 0 saturated heterocycles. The Balaban J connectivity index is 1.96.